The Labute approximate surface area is 120 Å². The fraction of sp³-hybridized carbons (Fsp3) is 0.562. The molecule has 1 aromatic rings. The SMILES string of the molecule is COC(=O)CCC1CC(N)CN(Cc2ccccc2)C1. The zero-order chi connectivity index (χ0) is 14.4. The Bertz CT molecular complexity index is 422. The predicted molar refractivity (Wildman–Crippen MR) is 79.1 cm³/mol. The minimum absolute atomic E-state index is 0.126. The minimum Gasteiger partial charge on any atom is -0.469 e. The number of hydrogen-bond donors (Lipinski definition) is 1. The molecule has 1 heterocycles. The number of carbonyl (C=O) groups excluding carboxylic acids is 1. The van der Waals surface area contributed by atoms with Crippen molar-refractivity contribution in [3.05, 3.63) is 35.9 Å². The Morgan fingerprint density at radius 1 is 1.35 bits per heavy atom. The van der Waals surface area contributed by atoms with E-state index in [1.54, 1.807) is 0 Å². The first-order valence-electron chi connectivity index (χ1n) is 7.26. The van der Waals surface area contributed by atoms with Crippen molar-refractivity contribution >= 4 is 5.97 Å². The average molecular weight is 276 g/mol. The molecular formula is C16H24N2O2. The largest absolute Gasteiger partial charge is 0.469 e. The second-order valence-electron chi connectivity index (χ2n) is 5.66. The molecule has 1 aliphatic rings. The molecule has 110 valence electrons. The first-order chi connectivity index (χ1) is 9.67. The van der Waals surface area contributed by atoms with Crippen LogP contribution in [0, 0.1) is 5.92 Å². The quantitative estimate of drug-likeness (QED) is 0.833. The summed E-state index contributed by atoms with van der Waals surface area (Å²) in [6, 6.07) is 10.6. The van der Waals surface area contributed by atoms with Gasteiger partial charge in [0.25, 0.3) is 0 Å². The summed E-state index contributed by atoms with van der Waals surface area (Å²) in [6.45, 7) is 2.88. The molecule has 4 nitrogen and oxygen atoms in total. The third-order valence-electron chi connectivity index (χ3n) is 3.88. The number of nitrogens with two attached hydrogens (primary N) is 1. The molecular weight excluding hydrogens is 252 g/mol. The molecule has 4 heteroatoms. The average Bonchev–Trinajstić information content (AvgIpc) is 2.45. The molecule has 0 aliphatic carbocycles. The van der Waals surface area contributed by atoms with Crippen LogP contribution >= 0.6 is 0 Å². The van der Waals surface area contributed by atoms with Crippen LogP contribution in [0.25, 0.3) is 0 Å². The van der Waals surface area contributed by atoms with Gasteiger partial charge in [-0.05, 0) is 24.3 Å². The number of nitrogens with zero attached hydrogens (tertiary/aromatic N) is 1. The molecule has 0 amide bonds. The first-order valence-corrected chi connectivity index (χ1v) is 7.26. The molecule has 2 atom stereocenters. The van der Waals surface area contributed by atoms with Crippen LogP contribution in [0.1, 0.15) is 24.8 Å². The van der Waals surface area contributed by atoms with Gasteiger partial charge in [-0.1, -0.05) is 30.3 Å². The van der Waals surface area contributed by atoms with E-state index >= 15 is 0 Å². The molecule has 0 radical (unpaired) electrons. The maximum Gasteiger partial charge on any atom is 0.305 e. The van der Waals surface area contributed by atoms with Crippen LogP contribution in [-0.4, -0.2) is 37.1 Å². The molecule has 0 bridgehead atoms. The highest BCUT2D eigenvalue weighted by Gasteiger charge is 2.25. The molecule has 2 N–H and O–H groups in total. The van der Waals surface area contributed by atoms with Crippen molar-refractivity contribution in [3.63, 3.8) is 0 Å². The maximum absolute atomic E-state index is 11.2. The number of hydrogen-bond acceptors (Lipinski definition) is 4. The predicted octanol–water partition coefficient (Wildman–Crippen LogP) is 1.79. The summed E-state index contributed by atoms with van der Waals surface area (Å²) in [4.78, 5) is 13.6. The third-order valence-corrected chi connectivity index (χ3v) is 3.88. The van der Waals surface area contributed by atoms with Gasteiger partial charge in [0, 0.05) is 32.1 Å². The topological polar surface area (TPSA) is 55.6 Å². The van der Waals surface area contributed by atoms with Gasteiger partial charge in [-0.2, -0.15) is 0 Å². The lowest BCUT2D eigenvalue weighted by atomic mass is 9.90. The minimum atomic E-state index is -0.126. The van der Waals surface area contributed by atoms with E-state index in [2.05, 4.69) is 29.2 Å². The van der Waals surface area contributed by atoms with Crippen molar-refractivity contribution in [1.82, 2.24) is 4.90 Å². The van der Waals surface area contributed by atoms with Crippen molar-refractivity contribution in [1.29, 1.82) is 0 Å². The number of benzene rings is 1. The number of ether oxygens (including phenoxy) is 1. The normalized spacial score (nSPS) is 23.5. The zero-order valence-corrected chi connectivity index (χ0v) is 12.1. The Morgan fingerprint density at radius 2 is 2.10 bits per heavy atom. The van der Waals surface area contributed by atoms with Crippen molar-refractivity contribution in [2.24, 2.45) is 11.7 Å². The van der Waals surface area contributed by atoms with Crippen molar-refractivity contribution in [2.45, 2.75) is 31.8 Å². The van der Waals surface area contributed by atoms with Crippen LogP contribution in [0.4, 0.5) is 0 Å². The Kier molecular flexibility index (Phi) is 5.56. The lowest BCUT2D eigenvalue weighted by Crippen LogP contribution is -2.46. The highest BCUT2D eigenvalue weighted by atomic mass is 16.5. The van der Waals surface area contributed by atoms with E-state index in [4.69, 9.17) is 10.5 Å². The lowest BCUT2D eigenvalue weighted by Gasteiger charge is -2.36. The molecule has 1 saturated heterocycles. The summed E-state index contributed by atoms with van der Waals surface area (Å²) in [5.74, 6) is 0.361. The van der Waals surface area contributed by atoms with E-state index in [0.717, 1.165) is 32.5 Å². The zero-order valence-electron chi connectivity index (χ0n) is 12.1. The summed E-state index contributed by atoms with van der Waals surface area (Å²) in [5.41, 5.74) is 7.46. The van der Waals surface area contributed by atoms with Crippen molar-refractivity contribution in [3.8, 4) is 0 Å². The summed E-state index contributed by atoms with van der Waals surface area (Å²) in [7, 11) is 1.44. The van der Waals surface area contributed by atoms with Crippen LogP contribution in [0.2, 0.25) is 0 Å². The monoisotopic (exact) mass is 276 g/mol. The second-order valence-corrected chi connectivity index (χ2v) is 5.66. The fourth-order valence-corrected chi connectivity index (χ4v) is 2.95. The van der Waals surface area contributed by atoms with Gasteiger partial charge < -0.3 is 10.5 Å². The smallest absolute Gasteiger partial charge is 0.305 e. The van der Waals surface area contributed by atoms with Gasteiger partial charge in [0.1, 0.15) is 0 Å². The third kappa shape index (κ3) is 4.62. The first kappa shape index (κ1) is 15.0. The molecule has 20 heavy (non-hydrogen) atoms. The van der Waals surface area contributed by atoms with E-state index in [1.165, 1.54) is 12.7 Å². The number of carbonyl (C=O) groups is 1. The number of esters is 1. The summed E-state index contributed by atoms with van der Waals surface area (Å²) in [5, 5.41) is 0. The van der Waals surface area contributed by atoms with E-state index in [1.807, 2.05) is 6.07 Å². The van der Waals surface area contributed by atoms with Crippen LogP contribution < -0.4 is 5.73 Å². The van der Waals surface area contributed by atoms with E-state index in [-0.39, 0.29) is 12.0 Å². The molecule has 0 saturated carbocycles. The molecule has 1 aliphatic heterocycles. The van der Waals surface area contributed by atoms with Crippen molar-refractivity contribution in [2.75, 3.05) is 20.2 Å². The van der Waals surface area contributed by atoms with Crippen LogP contribution in [0.3, 0.4) is 0 Å². The maximum atomic E-state index is 11.2. The molecule has 0 spiro atoms. The second kappa shape index (κ2) is 7.41. The van der Waals surface area contributed by atoms with E-state index < -0.39 is 0 Å². The number of piperidine rings is 1. The van der Waals surface area contributed by atoms with Crippen LogP contribution in [0.15, 0.2) is 30.3 Å². The standard InChI is InChI=1S/C16H24N2O2/c1-20-16(19)8-7-14-9-15(17)12-18(11-14)10-13-5-3-2-4-6-13/h2-6,14-15H,7-12,17H2,1H3. The van der Waals surface area contributed by atoms with E-state index in [0.29, 0.717) is 12.3 Å². The lowest BCUT2D eigenvalue weighted by molar-refractivity contribution is -0.141. The summed E-state index contributed by atoms with van der Waals surface area (Å²) >= 11 is 0. The Balaban J connectivity index is 1.86. The number of methoxy groups -OCH3 is 1. The van der Waals surface area contributed by atoms with Gasteiger partial charge >= 0.3 is 5.97 Å². The molecule has 1 fully saturated rings. The highest BCUT2D eigenvalue weighted by molar-refractivity contribution is 5.69. The molecule has 1 aromatic carbocycles. The molecule has 0 aromatic heterocycles. The van der Waals surface area contributed by atoms with Crippen molar-refractivity contribution < 1.29 is 9.53 Å². The van der Waals surface area contributed by atoms with Gasteiger partial charge in [-0.15, -0.1) is 0 Å². The van der Waals surface area contributed by atoms with Gasteiger partial charge in [-0.3, -0.25) is 9.69 Å². The fourth-order valence-electron chi connectivity index (χ4n) is 2.95. The molecule has 2 rings (SSSR count). The van der Waals surface area contributed by atoms with Gasteiger partial charge in [0.05, 0.1) is 7.11 Å². The Morgan fingerprint density at radius 3 is 2.80 bits per heavy atom. The van der Waals surface area contributed by atoms with Gasteiger partial charge in [0.15, 0.2) is 0 Å². The highest BCUT2D eigenvalue weighted by Crippen LogP contribution is 2.22. The van der Waals surface area contributed by atoms with E-state index in [9.17, 15) is 4.79 Å². The van der Waals surface area contributed by atoms with Crippen LogP contribution in [0.5, 0.6) is 0 Å². The summed E-state index contributed by atoms with van der Waals surface area (Å²) < 4.78 is 4.71. The van der Waals surface area contributed by atoms with Gasteiger partial charge in [-0.25, -0.2) is 0 Å². The van der Waals surface area contributed by atoms with Crippen LogP contribution in [-0.2, 0) is 16.1 Å². The molecule has 2 unspecified atom stereocenters. The Hall–Kier alpha value is -1.39. The number of likely N-dealkylation sites (tertiary alicyclic amines) is 1. The van der Waals surface area contributed by atoms with Gasteiger partial charge in [0.2, 0.25) is 0 Å². The number of rotatable bonds is 5. The summed E-state index contributed by atoms with van der Waals surface area (Å²) in [6.07, 6.45) is 2.36.